The number of rotatable bonds is 4. The van der Waals surface area contributed by atoms with Gasteiger partial charge in [-0.3, -0.25) is 19.3 Å². The topological polar surface area (TPSA) is 99.2 Å². The molecule has 1 fully saturated rings. The number of hydrogen-bond donors (Lipinski definition) is 0. The Bertz CT molecular complexity index is 918. The molecule has 1 aliphatic heterocycles. The highest BCUT2D eigenvalue weighted by Crippen LogP contribution is 2.74. The van der Waals surface area contributed by atoms with Crippen molar-refractivity contribution < 1.29 is 33.4 Å². The highest BCUT2D eigenvalue weighted by molar-refractivity contribution is 6.16. The minimum Gasteiger partial charge on any atom is -0.469 e. The summed E-state index contributed by atoms with van der Waals surface area (Å²) >= 11 is 0. The average Bonchev–Trinajstić information content (AvgIpc) is 3.14. The van der Waals surface area contributed by atoms with E-state index in [1.807, 2.05) is 0 Å². The third kappa shape index (κ3) is 2.80. The number of carbonyl (C=O) groups excluding carboxylic acids is 4. The predicted molar refractivity (Wildman–Crippen MR) is 107 cm³/mol. The van der Waals surface area contributed by atoms with Crippen molar-refractivity contribution in [3.05, 3.63) is 29.8 Å². The molecule has 1 aromatic rings. The number of esters is 2. The van der Waals surface area contributed by atoms with Gasteiger partial charge in [0.05, 0.1) is 30.7 Å². The zero-order valence-corrected chi connectivity index (χ0v) is 18.1. The number of carbonyl (C=O) groups is 4. The minimum atomic E-state index is -1.76. The minimum absolute atomic E-state index is 0.0509. The Kier molecular flexibility index (Phi) is 5.16. The molecule has 0 saturated heterocycles. The fraction of sp³-hybridized carbons (Fsp3) is 0.545. The monoisotopic (exact) mass is 417 g/mol. The molecule has 30 heavy (non-hydrogen) atoms. The molecule has 8 nitrogen and oxygen atoms in total. The Morgan fingerprint density at radius 2 is 1.80 bits per heavy atom. The second kappa shape index (κ2) is 7.11. The van der Waals surface area contributed by atoms with Crippen LogP contribution >= 0.6 is 0 Å². The molecular formula is C22H27NO7. The molecule has 8 heteroatoms. The predicted octanol–water partition coefficient (Wildman–Crippen LogP) is 2.62. The first-order chi connectivity index (χ1) is 14.0. The Hall–Kier alpha value is -2.90. The quantitative estimate of drug-likeness (QED) is 0.422. The summed E-state index contributed by atoms with van der Waals surface area (Å²) in [5, 5.41) is 0. The van der Waals surface area contributed by atoms with E-state index in [0.717, 1.165) is 0 Å². The van der Waals surface area contributed by atoms with E-state index in [4.69, 9.17) is 14.2 Å². The molecule has 0 aromatic heterocycles. The summed E-state index contributed by atoms with van der Waals surface area (Å²) in [6.07, 6.45) is -0.622. The number of ketones is 1. The number of amides is 1. The number of anilines is 1. The van der Waals surface area contributed by atoms with Gasteiger partial charge in [0.2, 0.25) is 0 Å². The standard InChI is InChI=1S/C22H27NO7/c1-7-29-18(26)22(13(2)24)16(17(25)28-6)21(22)12-23(19(27)30-20(3,4)5)15-11-9-8-10-14(15)21/h8-11,16H,7,12H2,1-6H3/t16-,21+,22-/m1/s1. The first kappa shape index (κ1) is 21.8. The fourth-order valence-electron chi connectivity index (χ4n) is 4.81. The molecular weight excluding hydrogens is 390 g/mol. The summed E-state index contributed by atoms with van der Waals surface area (Å²) in [4.78, 5) is 53.1. The third-order valence-corrected chi connectivity index (χ3v) is 5.83. The van der Waals surface area contributed by atoms with Crippen LogP contribution in [0.25, 0.3) is 0 Å². The van der Waals surface area contributed by atoms with Gasteiger partial charge in [0.25, 0.3) is 0 Å². The summed E-state index contributed by atoms with van der Waals surface area (Å²) in [5.41, 5.74) is -2.73. The number of ether oxygens (including phenoxy) is 3. The van der Waals surface area contributed by atoms with Gasteiger partial charge < -0.3 is 14.2 Å². The molecule has 3 rings (SSSR count). The van der Waals surface area contributed by atoms with Gasteiger partial charge in [-0.05, 0) is 46.2 Å². The fourth-order valence-corrected chi connectivity index (χ4v) is 4.81. The number of methoxy groups -OCH3 is 1. The Morgan fingerprint density at radius 3 is 2.33 bits per heavy atom. The molecule has 1 amide bonds. The summed E-state index contributed by atoms with van der Waals surface area (Å²) in [7, 11) is 1.21. The molecule has 1 aliphatic carbocycles. The van der Waals surface area contributed by atoms with Gasteiger partial charge in [-0.15, -0.1) is 0 Å². The smallest absolute Gasteiger partial charge is 0.414 e. The maximum absolute atomic E-state index is 13.1. The molecule has 162 valence electrons. The van der Waals surface area contributed by atoms with Gasteiger partial charge in [0.1, 0.15) is 11.4 Å². The van der Waals surface area contributed by atoms with Crippen molar-refractivity contribution >= 4 is 29.5 Å². The van der Waals surface area contributed by atoms with Crippen LogP contribution in [0.1, 0.15) is 40.2 Å². The number of nitrogens with zero attached hydrogens (tertiary/aromatic N) is 1. The van der Waals surface area contributed by atoms with Crippen molar-refractivity contribution in [3.8, 4) is 0 Å². The van der Waals surface area contributed by atoms with Crippen LogP contribution in [-0.2, 0) is 34.0 Å². The number of benzene rings is 1. The maximum atomic E-state index is 13.1. The summed E-state index contributed by atoms with van der Waals surface area (Å²) < 4.78 is 15.7. The number of para-hydroxylation sites is 1. The van der Waals surface area contributed by atoms with Crippen molar-refractivity contribution in [1.82, 2.24) is 0 Å². The van der Waals surface area contributed by atoms with Crippen LogP contribution in [0.5, 0.6) is 0 Å². The van der Waals surface area contributed by atoms with Crippen LogP contribution in [0.2, 0.25) is 0 Å². The molecule has 1 heterocycles. The zero-order valence-electron chi connectivity index (χ0n) is 18.1. The summed E-state index contributed by atoms with van der Waals surface area (Å²) in [6.45, 7) is 8.11. The van der Waals surface area contributed by atoms with Crippen molar-refractivity contribution in [2.45, 2.75) is 45.6 Å². The lowest BCUT2D eigenvalue weighted by atomic mass is 9.85. The molecule has 0 unspecified atom stereocenters. The Balaban J connectivity index is 2.19. The lowest BCUT2D eigenvalue weighted by Crippen LogP contribution is -2.40. The van der Waals surface area contributed by atoms with E-state index in [2.05, 4.69) is 0 Å². The summed E-state index contributed by atoms with van der Waals surface area (Å²) in [6, 6.07) is 6.91. The molecule has 1 spiro atoms. The van der Waals surface area contributed by atoms with Crippen molar-refractivity contribution in [3.63, 3.8) is 0 Å². The largest absolute Gasteiger partial charge is 0.469 e. The second-order valence-electron chi connectivity index (χ2n) is 8.60. The molecule has 1 aromatic carbocycles. The number of hydrogen-bond acceptors (Lipinski definition) is 7. The molecule has 0 bridgehead atoms. The average molecular weight is 417 g/mol. The van der Waals surface area contributed by atoms with E-state index in [1.54, 1.807) is 52.0 Å². The van der Waals surface area contributed by atoms with Crippen LogP contribution < -0.4 is 4.90 Å². The van der Waals surface area contributed by atoms with E-state index >= 15 is 0 Å². The van der Waals surface area contributed by atoms with Crippen LogP contribution in [0, 0.1) is 11.3 Å². The number of fused-ring (bicyclic) bond motifs is 2. The lowest BCUT2D eigenvalue weighted by molar-refractivity contribution is -0.158. The summed E-state index contributed by atoms with van der Waals surface area (Å²) in [5.74, 6) is -3.08. The van der Waals surface area contributed by atoms with Crippen LogP contribution in [0.15, 0.2) is 24.3 Å². The van der Waals surface area contributed by atoms with E-state index < -0.39 is 46.2 Å². The van der Waals surface area contributed by atoms with Crippen LogP contribution in [-0.4, -0.2) is 49.7 Å². The highest BCUT2D eigenvalue weighted by atomic mass is 16.6. The molecule has 3 atom stereocenters. The Labute approximate surface area is 175 Å². The highest BCUT2D eigenvalue weighted by Gasteiger charge is 2.89. The van der Waals surface area contributed by atoms with Crippen molar-refractivity contribution in [2.75, 3.05) is 25.2 Å². The molecule has 0 N–H and O–H groups in total. The van der Waals surface area contributed by atoms with Gasteiger partial charge >= 0.3 is 18.0 Å². The van der Waals surface area contributed by atoms with E-state index in [1.165, 1.54) is 18.9 Å². The molecule has 2 aliphatic rings. The van der Waals surface area contributed by atoms with Gasteiger partial charge in [-0.1, -0.05) is 18.2 Å². The van der Waals surface area contributed by atoms with Gasteiger partial charge in [0.15, 0.2) is 5.41 Å². The second-order valence-corrected chi connectivity index (χ2v) is 8.60. The first-order valence-corrected chi connectivity index (χ1v) is 9.85. The van der Waals surface area contributed by atoms with Crippen molar-refractivity contribution in [2.24, 2.45) is 11.3 Å². The molecule has 1 saturated carbocycles. The third-order valence-electron chi connectivity index (χ3n) is 5.83. The van der Waals surface area contributed by atoms with Gasteiger partial charge in [0, 0.05) is 6.54 Å². The first-order valence-electron chi connectivity index (χ1n) is 9.85. The Morgan fingerprint density at radius 1 is 1.17 bits per heavy atom. The SMILES string of the molecule is CCOC(=O)[C@@]1(C(C)=O)[C@H](C(=O)OC)[C@@]12CN(C(=O)OC(C)(C)C)c1ccccc12. The van der Waals surface area contributed by atoms with Gasteiger partial charge in [-0.25, -0.2) is 4.79 Å². The number of Topliss-reactive ketones (excluding diaryl/α,β-unsaturated/α-hetero) is 1. The maximum Gasteiger partial charge on any atom is 0.414 e. The molecule has 0 radical (unpaired) electrons. The lowest BCUT2D eigenvalue weighted by Gasteiger charge is -2.25. The van der Waals surface area contributed by atoms with Crippen molar-refractivity contribution in [1.29, 1.82) is 0 Å². The van der Waals surface area contributed by atoms with Crippen LogP contribution in [0.3, 0.4) is 0 Å². The van der Waals surface area contributed by atoms with Crippen LogP contribution in [0.4, 0.5) is 10.5 Å². The van der Waals surface area contributed by atoms with Gasteiger partial charge in [-0.2, -0.15) is 0 Å². The normalized spacial score (nSPS) is 26.7. The zero-order chi connectivity index (χ0) is 22.5. The van der Waals surface area contributed by atoms with E-state index in [-0.39, 0.29) is 13.2 Å². The van der Waals surface area contributed by atoms with E-state index in [0.29, 0.717) is 11.3 Å². The van der Waals surface area contributed by atoms with E-state index in [9.17, 15) is 19.2 Å².